The smallest absolute Gasteiger partial charge is 0.211 e. The standard InChI is InChI=1S/C12H13ClN4O2S/c1-7-15-16-12(20-3)17(7)14-6-8-4-9(13)11(18)10(5-8)19-2/h4-6,18H,1-3H3/b14-6-. The molecule has 0 unspecified atom stereocenters. The zero-order valence-electron chi connectivity index (χ0n) is 11.2. The summed E-state index contributed by atoms with van der Waals surface area (Å²) in [6, 6.07) is 3.24. The maximum atomic E-state index is 9.67. The maximum Gasteiger partial charge on any atom is 0.211 e. The van der Waals surface area contributed by atoms with Crippen molar-refractivity contribution in [3.8, 4) is 11.5 Å². The van der Waals surface area contributed by atoms with Gasteiger partial charge in [0.1, 0.15) is 0 Å². The first-order valence-electron chi connectivity index (χ1n) is 5.63. The van der Waals surface area contributed by atoms with Crippen LogP contribution in [0.1, 0.15) is 11.4 Å². The number of rotatable bonds is 4. The fourth-order valence-electron chi connectivity index (χ4n) is 1.55. The van der Waals surface area contributed by atoms with E-state index in [-0.39, 0.29) is 10.8 Å². The lowest BCUT2D eigenvalue weighted by atomic mass is 10.2. The molecule has 0 atom stereocenters. The van der Waals surface area contributed by atoms with Gasteiger partial charge in [-0.15, -0.1) is 10.2 Å². The van der Waals surface area contributed by atoms with Gasteiger partial charge in [-0.1, -0.05) is 23.4 Å². The average Bonchev–Trinajstić information content (AvgIpc) is 2.80. The molecule has 0 aliphatic heterocycles. The number of nitrogens with zero attached hydrogens (tertiary/aromatic N) is 4. The number of halogens is 1. The number of hydrogen-bond donors (Lipinski definition) is 1. The van der Waals surface area contributed by atoms with Crippen LogP contribution in [-0.2, 0) is 0 Å². The third-order valence-electron chi connectivity index (χ3n) is 2.54. The number of phenolic OH excluding ortho intramolecular Hbond substituents is 1. The second-order valence-electron chi connectivity index (χ2n) is 3.84. The summed E-state index contributed by atoms with van der Waals surface area (Å²) in [5.41, 5.74) is 0.699. The topological polar surface area (TPSA) is 72.5 Å². The second-order valence-corrected chi connectivity index (χ2v) is 5.02. The van der Waals surface area contributed by atoms with Gasteiger partial charge < -0.3 is 9.84 Å². The van der Waals surface area contributed by atoms with E-state index >= 15 is 0 Å². The first-order chi connectivity index (χ1) is 9.56. The fraction of sp³-hybridized carbons (Fsp3) is 0.250. The summed E-state index contributed by atoms with van der Waals surface area (Å²) in [5.74, 6) is 0.892. The summed E-state index contributed by atoms with van der Waals surface area (Å²) in [5, 5.41) is 22.8. The van der Waals surface area contributed by atoms with Crippen LogP contribution in [0.4, 0.5) is 0 Å². The number of ether oxygens (including phenoxy) is 1. The van der Waals surface area contributed by atoms with E-state index in [1.807, 2.05) is 13.2 Å². The zero-order chi connectivity index (χ0) is 14.7. The van der Waals surface area contributed by atoms with Crippen LogP contribution < -0.4 is 4.74 Å². The maximum absolute atomic E-state index is 9.67. The van der Waals surface area contributed by atoms with Gasteiger partial charge in [0.2, 0.25) is 5.16 Å². The molecule has 0 spiro atoms. The molecule has 0 amide bonds. The molecular formula is C12H13ClN4O2S. The number of methoxy groups -OCH3 is 1. The second kappa shape index (κ2) is 6.15. The Balaban J connectivity index is 2.36. The predicted octanol–water partition coefficient (Wildman–Crippen LogP) is 2.56. The van der Waals surface area contributed by atoms with E-state index in [0.29, 0.717) is 22.3 Å². The predicted molar refractivity (Wildman–Crippen MR) is 79.2 cm³/mol. The molecule has 0 saturated carbocycles. The molecule has 20 heavy (non-hydrogen) atoms. The molecule has 1 N–H and O–H groups in total. The van der Waals surface area contributed by atoms with Crippen LogP contribution in [0, 0.1) is 6.92 Å². The van der Waals surface area contributed by atoms with E-state index in [9.17, 15) is 5.11 Å². The van der Waals surface area contributed by atoms with E-state index in [0.717, 1.165) is 0 Å². The minimum absolute atomic E-state index is 0.0865. The van der Waals surface area contributed by atoms with Gasteiger partial charge in [-0.3, -0.25) is 0 Å². The van der Waals surface area contributed by atoms with Crippen LogP contribution in [0.25, 0.3) is 0 Å². The van der Waals surface area contributed by atoms with Crippen molar-refractivity contribution < 1.29 is 9.84 Å². The molecule has 8 heteroatoms. The normalized spacial score (nSPS) is 11.2. The molecule has 0 radical (unpaired) electrons. The van der Waals surface area contributed by atoms with Crippen molar-refractivity contribution in [2.24, 2.45) is 5.10 Å². The SMILES string of the molecule is COc1cc(/C=N\n2c(C)nnc2SC)cc(Cl)c1O. The molecule has 1 heterocycles. The summed E-state index contributed by atoms with van der Waals surface area (Å²) in [4.78, 5) is 0. The number of hydrogen-bond acceptors (Lipinski definition) is 6. The van der Waals surface area contributed by atoms with Crippen molar-refractivity contribution >= 4 is 29.6 Å². The van der Waals surface area contributed by atoms with Gasteiger partial charge in [-0.05, 0) is 30.9 Å². The van der Waals surface area contributed by atoms with Crippen molar-refractivity contribution in [3.05, 3.63) is 28.5 Å². The van der Waals surface area contributed by atoms with Crippen molar-refractivity contribution in [2.45, 2.75) is 12.1 Å². The molecule has 0 fully saturated rings. The van der Waals surface area contributed by atoms with E-state index in [2.05, 4.69) is 15.3 Å². The minimum atomic E-state index is -0.0865. The Morgan fingerprint density at radius 1 is 1.45 bits per heavy atom. The Kier molecular flexibility index (Phi) is 4.51. The molecular weight excluding hydrogens is 300 g/mol. The number of benzene rings is 1. The number of aryl methyl sites for hydroxylation is 1. The van der Waals surface area contributed by atoms with Gasteiger partial charge in [0.25, 0.3) is 0 Å². The third kappa shape index (κ3) is 2.88. The first-order valence-corrected chi connectivity index (χ1v) is 7.24. The molecule has 0 bridgehead atoms. The highest BCUT2D eigenvalue weighted by molar-refractivity contribution is 7.98. The van der Waals surface area contributed by atoms with Crippen molar-refractivity contribution in [1.82, 2.24) is 14.9 Å². The Morgan fingerprint density at radius 3 is 2.85 bits per heavy atom. The van der Waals surface area contributed by atoms with Crippen molar-refractivity contribution in [2.75, 3.05) is 13.4 Å². The lowest BCUT2D eigenvalue weighted by molar-refractivity contribution is 0.373. The van der Waals surface area contributed by atoms with Gasteiger partial charge in [0, 0.05) is 0 Å². The summed E-state index contributed by atoms with van der Waals surface area (Å²) in [7, 11) is 1.46. The van der Waals surface area contributed by atoms with Crippen molar-refractivity contribution in [3.63, 3.8) is 0 Å². The molecule has 0 aliphatic rings. The highest BCUT2D eigenvalue weighted by Crippen LogP contribution is 2.34. The molecule has 106 valence electrons. The quantitative estimate of drug-likeness (QED) is 0.694. The number of phenols is 1. The Hall–Kier alpha value is -1.73. The highest BCUT2D eigenvalue weighted by atomic mass is 35.5. The Labute approximate surface area is 125 Å². The fourth-order valence-corrected chi connectivity index (χ4v) is 2.24. The van der Waals surface area contributed by atoms with Crippen LogP contribution in [0.15, 0.2) is 22.4 Å². The van der Waals surface area contributed by atoms with E-state index in [1.165, 1.54) is 18.9 Å². The zero-order valence-corrected chi connectivity index (χ0v) is 12.7. The van der Waals surface area contributed by atoms with Gasteiger partial charge in [-0.2, -0.15) is 9.78 Å². The molecule has 1 aromatic carbocycles. The van der Waals surface area contributed by atoms with Crippen LogP contribution in [-0.4, -0.2) is 39.6 Å². The summed E-state index contributed by atoms with van der Waals surface area (Å²) < 4.78 is 6.66. The monoisotopic (exact) mass is 312 g/mol. The lowest BCUT2D eigenvalue weighted by Gasteiger charge is -2.06. The summed E-state index contributed by atoms with van der Waals surface area (Å²) >= 11 is 7.37. The average molecular weight is 313 g/mol. The third-order valence-corrected chi connectivity index (χ3v) is 3.45. The molecule has 0 aliphatic carbocycles. The van der Waals surface area contributed by atoms with E-state index in [1.54, 1.807) is 23.0 Å². The number of thioether (sulfide) groups is 1. The Morgan fingerprint density at radius 2 is 2.20 bits per heavy atom. The van der Waals surface area contributed by atoms with Gasteiger partial charge >= 0.3 is 0 Å². The van der Waals surface area contributed by atoms with Gasteiger partial charge in [0.05, 0.1) is 18.3 Å². The molecule has 0 saturated heterocycles. The molecule has 1 aromatic heterocycles. The van der Waals surface area contributed by atoms with Crippen LogP contribution in [0.2, 0.25) is 5.02 Å². The van der Waals surface area contributed by atoms with E-state index in [4.69, 9.17) is 16.3 Å². The summed E-state index contributed by atoms with van der Waals surface area (Å²) in [6.07, 6.45) is 3.50. The largest absolute Gasteiger partial charge is 0.503 e. The minimum Gasteiger partial charge on any atom is -0.503 e. The number of aromatic hydroxyl groups is 1. The van der Waals surface area contributed by atoms with Crippen LogP contribution in [0.3, 0.4) is 0 Å². The molecule has 2 aromatic rings. The lowest BCUT2D eigenvalue weighted by Crippen LogP contribution is -1.96. The van der Waals surface area contributed by atoms with E-state index < -0.39 is 0 Å². The summed E-state index contributed by atoms with van der Waals surface area (Å²) in [6.45, 7) is 1.81. The Bertz CT molecular complexity index is 657. The van der Waals surface area contributed by atoms with Gasteiger partial charge in [-0.25, -0.2) is 0 Å². The highest BCUT2D eigenvalue weighted by Gasteiger charge is 2.09. The number of aromatic nitrogens is 3. The first kappa shape index (κ1) is 14.7. The van der Waals surface area contributed by atoms with Crippen molar-refractivity contribution in [1.29, 1.82) is 0 Å². The van der Waals surface area contributed by atoms with Crippen LogP contribution >= 0.6 is 23.4 Å². The van der Waals surface area contributed by atoms with Crippen LogP contribution in [0.5, 0.6) is 11.5 Å². The molecule has 2 rings (SSSR count). The molecule has 6 nitrogen and oxygen atoms in total. The van der Waals surface area contributed by atoms with Gasteiger partial charge in [0.15, 0.2) is 17.3 Å².